The minimum Gasteiger partial charge on any atom is -0.503 e. The third kappa shape index (κ3) is 4.44. The predicted octanol–water partition coefficient (Wildman–Crippen LogP) is 6.90. The maximum Gasteiger partial charge on any atom is 0.294 e. The fraction of sp³-hybridized carbons (Fsp3) is 0.226. The lowest BCUT2D eigenvalue weighted by Crippen LogP contribution is -2.31. The molecule has 1 amide bonds. The molecule has 8 nitrogen and oxygen atoms in total. The fourth-order valence-electron chi connectivity index (χ4n) is 5.01. The molecule has 2 heterocycles. The first-order chi connectivity index (χ1) is 19.2. The van der Waals surface area contributed by atoms with Gasteiger partial charge in [-0.25, -0.2) is 0 Å². The molecule has 1 N–H and O–H groups in total. The first-order valence-corrected chi connectivity index (χ1v) is 13.0. The van der Waals surface area contributed by atoms with Gasteiger partial charge in [0.2, 0.25) is 5.78 Å². The number of amides is 1. The van der Waals surface area contributed by atoms with Gasteiger partial charge in [0.25, 0.3) is 5.91 Å². The summed E-state index contributed by atoms with van der Waals surface area (Å²) in [5, 5.41) is 12.2. The number of fused-ring (bicyclic) bond motifs is 1. The molecule has 40 heavy (non-hydrogen) atoms. The van der Waals surface area contributed by atoms with Crippen molar-refractivity contribution >= 4 is 39.9 Å². The predicted molar refractivity (Wildman–Crippen MR) is 152 cm³/mol. The molecule has 0 radical (unpaired) electrons. The summed E-state index contributed by atoms with van der Waals surface area (Å²) in [5.41, 5.74) is 3.10. The summed E-state index contributed by atoms with van der Waals surface area (Å²) in [5.74, 6) is -0.786. The molecule has 0 bridgehead atoms. The number of aliphatic hydroxyl groups is 1. The molecule has 5 rings (SSSR count). The molecule has 0 saturated carbocycles. The molecule has 3 aromatic carbocycles. The maximum atomic E-state index is 14.1. The largest absolute Gasteiger partial charge is 0.503 e. The number of methoxy groups -OCH3 is 2. The number of rotatable bonds is 8. The van der Waals surface area contributed by atoms with Gasteiger partial charge in [0, 0.05) is 22.2 Å². The van der Waals surface area contributed by atoms with Crippen LogP contribution >= 0.6 is 11.6 Å². The van der Waals surface area contributed by atoms with Crippen molar-refractivity contribution in [1.82, 2.24) is 0 Å². The lowest BCUT2D eigenvalue weighted by Gasteiger charge is -2.29. The standard InChI is InChI=1S/C31H28ClNO7/c1-6-39-23-13-18(10-11-22(23)37-4)27-26(29(35)31(36)33(27)21-9-7-8-16(2)17(21)3)28(34)24-14-19-12-20(32)15-25(38-5)30(19)40-24/h7-15,27,35H,6H2,1-5H3. The molecular formula is C31H28ClNO7. The number of aryl methyl sites for hydroxylation is 1. The number of Topliss-reactive ketones (excluding diaryl/α,β-unsaturated/α-hetero) is 1. The van der Waals surface area contributed by atoms with Crippen molar-refractivity contribution in [3.63, 3.8) is 0 Å². The minimum atomic E-state index is -0.982. The van der Waals surface area contributed by atoms with Gasteiger partial charge in [-0.05, 0) is 67.8 Å². The first-order valence-electron chi connectivity index (χ1n) is 12.7. The van der Waals surface area contributed by atoms with Gasteiger partial charge in [-0.15, -0.1) is 0 Å². The Bertz CT molecular complexity index is 1690. The van der Waals surface area contributed by atoms with Crippen LogP contribution in [0.25, 0.3) is 11.0 Å². The summed E-state index contributed by atoms with van der Waals surface area (Å²) in [6.45, 7) is 6.04. The van der Waals surface area contributed by atoms with E-state index in [0.717, 1.165) is 11.1 Å². The van der Waals surface area contributed by atoms with Crippen molar-refractivity contribution in [3.05, 3.63) is 93.4 Å². The highest BCUT2D eigenvalue weighted by Crippen LogP contribution is 2.45. The molecule has 1 aromatic heterocycles. The SMILES string of the molecule is CCOc1cc(C2C(C(=O)c3cc4cc(Cl)cc(OC)c4o3)=C(O)C(=O)N2c2cccc(C)c2C)ccc1OC. The Balaban J connectivity index is 1.71. The zero-order valence-corrected chi connectivity index (χ0v) is 23.5. The molecule has 1 unspecified atom stereocenters. The Hall–Kier alpha value is -4.43. The number of ketones is 1. The molecule has 1 aliphatic rings. The number of halogens is 1. The molecule has 1 atom stereocenters. The number of furan rings is 1. The molecule has 0 saturated heterocycles. The Morgan fingerprint density at radius 3 is 2.48 bits per heavy atom. The highest BCUT2D eigenvalue weighted by atomic mass is 35.5. The second-order valence-corrected chi connectivity index (χ2v) is 9.80. The Kier molecular flexibility index (Phi) is 7.21. The van der Waals surface area contributed by atoms with Crippen molar-refractivity contribution < 1.29 is 33.3 Å². The number of ether oxygens (including phenoxy) is 3. The lowest BCUT2D eigenvalue weighted by molar-refractivity contribution is -0.117. The fourth-order valence-corrected chi connectivity index (χ4v) is 5.23. The lowest BCUT2D eigenvalue weighted by atomic mass is 9.94. The first kappa shape index (κ1) is 27.1. The van der Waals surface area contributed by atoms with Crippen LogP contribution in [0.5, 0.6) is 17.2 Å². The van der Waals surface area contributed by atoms with E-state index >= 15 is 0 Å². The molecule has 0 spiro atoms. The molecule has 1 aliphatic heterocycles. The normalized spacial score (nSPS) is 15.2. The number of aliphatic hydroxyl groups excluding tert-OH is 1. The van der Waals surface area contributed by atoms with E-state index in [-0.39, 0.29) is 11.3 Å². The Labute approximate surface area is 236 Å². The smallest absolute Gasteiger partial charge is 0.294 e. The van der Waals surface area contributed by atoms with E-state index in [1.54, 1.807) is 36.4 Å². The van der Waals surface area contributed by atoms with Crippen molar-refractivity contribution in [3.8, 4) is 17.2 Å². The quantitative estimate of drug-likeness (QED) is 0.234. The molecular weight excluding hydrogens is 534 g/mol. The number of carbonyl (C=O) groups excluding carboxylic acids is 2. The molecule has 206 valence electrons. The van der Waals surface area contributed by atoms with Gasteiger partial charge in [-0.3, -0.25) is 14.5 Å². The summed E-state index contributed by atoms with van der Waals surface area (Å²) in [4.78, 5) is 29.2. The third-order valence-corrected chi connectivity index (χ3v) is 7.30. The van der Waals surface area contributed by atoms with Gasteiger partial charge >= 0.3 is 0 Å². The van der Waals surface area contributed by atoms with Crippen LogP contribution in [0.4, 0.5) is 5.69 Å². The Morgan fingerprint density at radius 1 is 1.02 bits per heavy atom. The summed E-state index contributed by atoms with van der Waals surface area (Å²) >= 11 is 6.21. The third-order valence-electron chi connectivity index (χ3n) is 7.08. The zero-order valence-electron chi connectivity index (χ0n) is 22.7. The van der Waals surface area contributed by atoms with Crippen LogP contribution in [0.15, 0.2) is 70.3 Å². The van der Waals surface area contributed by atoms with Crippen LogP contribution in [-0.4, -0.2) is 37.6 Å². The van der Waals surface area contributed by atoms with Gasteiger partial charge in [0.1, 0.15) is 0 Å². The van der Waals surface area contributed by atoms with Crippen molar-refractivity contribution in [2.45, 2.75) is 26.8 Å². The number of hydrogen-bond acceptors (Lipinski definition) is 7. The van der Waals surface area contributed by atoms with Crippen molar-refractivity contribution in [2.75, 3.05) is 25.7 Å². The van der Waals surface area contributed by atoms with E-state index in [0.29, 0.717) is 51.1 Å². The van der Waals surface area contributed by atoms with E-state index in [2.05, 4.69) is 0 Å². The second kappa shape index (κ2) is 10.6. The van der Waals surface area contributed by atoms with Crippen molar-refractivity contribution in [2.24, 2.45) is 0 Å². The van der Waals surface area contributed by atoms with Gasteiger partial charge in [-0.2, -0.15) is 0 Å². The second-order valence-electron chi connectivity index (χ2n) is 9.37. The summed E-state index contributed by atoms with van der Waals surface area (Å²) < 4.78 is 22.5. The zero-order chi connectivity index (χ0) is 28.7. The average Bonchev–Trinajstić information content (AvgIpc) is 3.48. The molecule has 4 aromatic rings. The van der Waals surface area contributed by atoms with Crippen LogP contribution in [0, 0.1) is 13.8 Å². The topological polar surface area (TPSA) is 98.4 Å². The number of anilines is 1. The summed E-state index contributed by atoms with van der Waals surface area (Å²) in [7, 11) is 3.00. The summed E-state index contributed by atoms with van der Waals surface area (Å²) in [6, 6.07) is 14.5. The van der Waals surface area contributed by atoms with Crippen LogP contribution in [0.2, 0.25) is 5.02 Å². The number of carbonyl (C=O) groups is 2. The monoisotopic (exact) mass is 561 g/mol. The van der Waals surface area contributed by atoms with Gasteiger partial charge < -0.3 is 23.7 Å². The minimum absolute atomic E-state index is 0.0729. The van der Waals surface area contributed by atoms with E-state index in [9.17, 15) is 14.7 Å². The van der Waals surface area contributed by atoms with Crippen LogP contribution < -0.4 is 19.1 Å². The van der Waals surface area contributed by atoms with Gasteiger partial charge in [-0.1, -0.05) is 29.8 Å². The number of benzene rings is 3. The van der Waals surface area contributed by atoms with E-state index < -0.39 is 23.5 Å². The summed E-state index contributed by atoms with van der Waals surface area (Å²) in [6.07, 6.45) is 0. The highest BCUT2D eigenvalue weighted by Gasteiger charge is 2.46. The van der Waals surface area contributed by atoms with E-state index in [4.69, 9.17) is 30.2 Å². The van der Waals surface area contributed by atoms with Gasteiger partial charge in [0.05, 0.1) is 32.4 Å². The van der Waals surface area contributed by atoms with Crippen LogP contribution in [0.3, 0.4) is 0 Å². The molecule has 9 heteroatoms. The number of hydrogen-bond donors (Lipinski definition) is 1. The van der Waals surface area contributed by atoms with Crippen LogP contribution in [-0.2, 0) is 4.79 Å². The van der Waals surface area contributed by atoms with Crippen molar-refractivity contribution in [1.29, 1.82) is 0 Å². The van der Waals surface area contributed by atoms with E-state index in [1.807, 2.05) is 32.9 Å². The number of nitrogens with zero attached hydrogens (tertiary/aromatic N) is 1. The van der Waals surface area contributed by atoms with Crippen LogP contribution in [0.1, 0.15) is 40.2 Å². The Morgan fingerprint density at radius 2 is 1.77 bits per heavy atom. The highest BCUT2D eigenvalue weighted by molar-refractivity contribution is 6.31. The average molecular weight is 562 g/mol. The maximum absolute atomic E-state index is 14.1. The molecule has 0 aliphatic carbocycles. The molecule has 0 fully saturated rings. The van der Waals surface area contributed by atoms with E-state index in [1.165, 1.54) is 25.2 Å². The van der Waals surface area contributed by atoms with Gasteiger partial charge in [0.15, 0.2) is 34.4 Å².